The molecule has 0 radical (unpaired) electrons. The Morgan fingerprint density at radius 1 is 1.14 bits per heavy atom. The van der Waals surface area contributed by atoms with Gasteiger partial charge in [-0.1, -0.05) is 24.3 Å². The second-order valence-corrected chi connectivity index (χ2v) is 4.92. The summed E-state index contributed by atoms with van der Waals surface area (Å²) in [4.78, 5) is 30.5. The van der Waals surface area contributed by atoms with Crippen molar-refractivity contribution in [2.75, 3.05) is 5.73 Å². The first-order chi connectivity index (χ1) is 10.5. The average molecular weight is 295 g/mol. The SMILES string of the molecule is Nc1nc2ccc(CC(=O)c3ccccc3C(=O)O)cc2[nH]1. The highest BCUT2D eigenvalue weighted by atomic mass is 16.4. The van der Waals surface area contributed by atoms with Gasteiger partial charge in [0.25, 0.3) is 0 Å². The van der Waals surface area contributed by atoms with E-state index in [1.807, 2.05) is 0 Å². The Labute approximate surface area is 125 Å². The van der Waals surface area contributed by atoms with Crippen LogP contribution in [-0.4, -0.2) is 26.8 Å². The zero-order valence-corrected chi connectivity index (χ0v) is 11.5. The second kappa shape index (κ2) is 5.33. The molecule has 2 aromatic carbocycles. The summed E-state index contributed by atoms with van der Waals surface area (Å²) < 4.78 is 0. The van der Waals surface area contributed by atoms with Crippen LogP contribution < -0.4 is 5.73 Å². The topological polar surface area (TPSA) is 109 Å². The molecule has 110 valence electrons. The minimum atomic E-state index is -1.11. The van der Waals surface area contributed by atoms with Crippen molar-refractivity contribution in [3.63, 3.8) is 0 Å². The molecule has 3 rings (SSSR count). The van der Waals surface area contributed by atoms with Gasteiger partial charge in [-0.25, -0.2) is 9.78 Å². The lowest BCUT2D eigenvalue weighted by Gasteiger charge is -2.05. The molecule has 6 nitrogen and oxygen atoms in total. The molecule has 0 saturated carbocycles. The van der Waals surface area contributed by atoms with Crippen molar-refractivity contribution in [2.45, 2.75) is 6.42 Å². The highest BCUT2D eigenvalue weighted by Crippen LogP contribution is 2.17. The van der Waals surface area contributed by atoms with E-state index in [2.05, 4.69) is 9.97 Å². The molecule has 1 aromatic heterocycles. The maximum absolute atomic E-state index is 12.4. The summed E-state index contributed by atoms with van der Waals surface area (Å²) >= 11 is 0. The third-order valence-corrected chi connectivity index (χ3v) is 3.39. The number of fused-ring (bicyclic) bond motifs is 1. The van der Waals surface area contributed by atoms with Crippen LogP contribution in [0.5, 0.6) is 0 Å². The molecule has 0 aliphatic heterocycles. The third kappa shape index (κ3) is 2.54. The van der Waals surface area contributed by atoms with Crippen molar-refractivity contribution < 1.29 is 14.7 Å². The van der Waals surface area contributed by atoms with Crippen LogP contribution in [0.15, 0.2) is 42.5 Å². The molecule has 0 aliphatic rings. The van der Waals surface area contributed by atoms with Crippen LogP contribution in [0.4, 0.5) is 5.95 Å². The van der Waals surface area contributed by atoms with Crippen molar-refractivity contribution in [3.05, 3.63) is 59.2 Å². The lowest BCUT2D eigenvalue weighted by molar-refractivity contribution is 0.0692. The van der Waals surface area contributed by atoms with E-state index in [-0.39, 0.29) is 23.3 Å². The molecule has 0 fully saturated rings. The lowest BCUT2D eigenvalue weighted by Crippen LogP contribution is -2.10. The number of aromatic amines is 1. The Morgan fingerprint density at radius 2 is 1.86 bits per heavy atom. The van der Waals surface area contributed by atoms with Crippen LogP contribution >= 0.6 is 0 Å². The van der Waals surface area contributed by atoms with Crippen molar-refractivity contribution in [3.8, 4) is 0 Å². The quantitative estimate of drug-likeness (QED) is 0.640. The van der Waals surface area contributed by atoms with Gasteiger partial charge in [0.2, 0.25) is 0 Å². The van der Waals surface area contributed by atoms with E-state index in [4.69, 9.17) is 10.8 Å². The number of hydrogen-bond donors (Lipinski definition) is 3. The van der Waals surface area contributed by atoms with Gasteiger partial charge in [0.15, 0.2) is 11.7 Å². The molecule has 0 unspecified atom stereocenters. The minimum Gasteiger partial charge on any atom is -0.478 e. The number of nitrogen functional groups attached to an aromatic ring is 1. The van der Waals surface area contributed by atoms with E-state index in [0.29, 0.717) is 5.95 Å². The van der Waals surface area contributed by atoms with Crippen LogP contribution in [0.3, 0.4) is 0 Å². The number of Topliss-reactive ketones (excluding diaryl/α,β-unsaturated/α-hetero) is 1. The summed E-state index contributed by atoms with van der Waals surface area (Å²) in [5.74, 6) is -1.04. The molecule has 0 spiro atoms. The maximum Gasteiger partial charge on any atom is 0.336 e. The van der Waals surface area contributed by atoms with Gasteiger partial charge < -0.3 is 15.8 Å². The number of anilines is 1. The Hall–Kier alpha value is -3.15. The number of ketones is 1. The first-order valence-electron chi connectivity index (χ1n) is 6.64. The fraction of sp³-hybridized carbons (Fsp3) is 0.0625. The second-order valence-electron chi connectivity index (χ2n) is 4.92. The molecule has 22 heavy (non-hydrogen) atoms. The van der Waals surface area contributed by atoms with Crippen molar-refractivity contribution >= 4 is 28.7 Å². The summed E-state index contributed by atoms with van der Waals surface area (Å²) in [6.07, 6.45) is 0.110. The van der Waals surface area contributed by atoms with Gasteiger partial charge in [-0.05, 0) is 23.8 Å². The predicted molar refractivity (Wildman–Crippen MR) is 81.9 cm³/mol. The van der Waals surface area contributed by atoms with E-state index in [1.54, 1.807) is 30.3 Å². The number of nitrogens with one attached hydrogen (secondary N) is 1. The minimum absolute atomic E-state index is 0.0133. The molecule has 0 amide bonds. The van der Waals surface area contributed by atoms with E-state index in [9.17, 15) is 9.59 Å². The number of carbonyl (C=O) groups excluding carboxylic acids is 1. The first-order valence-corrected chi connectivity index (χ1v) is 6.64. The number of nitrogens with zero attached hydrogens (tertiary/aromatic N) is 1. The number of carboxylic acid groups (broad SMARTS) is 1. The fourth-order valence-corrected chi connectivity index (χ4v) is 2.38. The number of H-pyrrole nitrogens is 1. The van der Waals surface area contributed by atoms with Gasteiger partial charge in [-0.3, -0.25) is 4.79 Å². The zero-order chi connectivity index (χ0) is 15.7. The van der Waals surface area contributed by atoms with Gasteiger partial charge in [0.05, 0.1) is 16.6 Å². The summed E-state index contributed by atoms with van der Waals surface area (Å²) in [5.41, 5.74) is 8.04. The fourth-order valence-electron chi connectivity index (χ4n) is 2.38. The number of benzene rings is 2. The van der Waals surface area contributed by atoms with Gasteiger partial charge in [-0.15, -0.1) is 0 Å². The summed E-state index contributed by atoms with van der Waals surface area (Å²) in [5, 5.41) is 9.15. The van der Waals surface area contributed by atoms with Gasteiger partial charge >= 0.3 is 5.97 Å². The van der Waals surface area contributed by atoms with Gasteiger partial charge in [0, 0.05) is 12.0 Å². The Morgan fingerprint density at radius 3 is 2.59 bits per heavy atom. The van der Waals surface area contributed by atoms with E-state index < -0.39 is 5.97 Å². The van der Waals surface area contributed by atoms with E-state index >= 15 is 0 Å². The molecule has 4 N–H and O–H groups in total. The zero-order valence-electron chi connectivity index (χ0n) is 11.5. The summed E-state index contributed by atoms with van der Waals surface area (Å²) in [7, 11) is 0. The average Bonchev–Trinajstić information content (AvgIpc) is 2.86. The molecule has 1 heterocycles. The smallest absolute Gasteiger partial charge is 0.336 e. The predicted octanol–water partition coefficient (Wildman–Crippen LogP) is 2.27. The van der Waals surface area contributed by atoms with Crippen molar-refractivity contribution in [2.24, 2.45) is 0 Å². The molecular weight excluding hydrogens is 282 g/mol. The molecule has 0 saturated heterocycles. The van der Waals surface area contributed by atoms with Crippen molar-refractivity contribution in [1.29, 1.82) is 0 Å². The van der Waals surface area contributed by atoms with Crippen LogP contribution in [0, 0.1) is 0 Å². The molecule has 0 aliphatic carbocycles. The number of carbonyl (C=O) groups is 2. The number of aromatic carboxylic acids is 1. The molecular formula is C16H13N3O3. The molecule has 0 bridgehead atoms. The number of rotatable bonds is 4. The van der Waals surface area contributed by atoms with E-state index in [1.165, 1.54) is 12.1 Å². The maximum atomic E-state index is 12.4. The van der Waals surface area contributed by atoms with Crippen LogP contribution in [-0.2, 0) is 6.42 Å². The standard InChI is InChI=1S/C16H13N3O3/c17-16-18-12-6-5-9(7-13(12)19-16)8-14(20)10-3-1-2-4-11(10)15(21)22/h1-7H,8H2,(H,21,22)(H3,17,18,19). The number of nitrogens with two attached hydrogens (primary N) is 1. The summed E-state index contributed by atoms with van der Waals surface area (Å²) in [6.45, 7) is 0. The largest absolute Gasteiger partial charge is 0.478 e. The molecule has 0 atom stereocenters. The molecule has 6 heteroatoms. The number of aromatic nitrogens is 2. The highest BCUT2D eigenvalue weighted by molar-refractivity contribution is 6.06. The van der Waals surface area contributed by atoms with Gasteiger partial charge in [-0.2, -0.15) is 0 Å². The lowest BCUT2D eigenvalue weighted by atomic mass is 9.98. The Kier molecular flexibility index (Phi) is 3.34. The number of carboxylic acids is 1. The van der Waals surface area contributed by atoms with Crippen LogP contribution in [0.25, 0.3) is 11.0 Å². The number of imidazole rings is 1. The summed E-state index contributed by atoms with van der Waals surface area (Å²) in [6, 6.07) is 11.5. The molecule has 3 aromatic rings. The Balaban J connectivity index is 1.91. The Bertz CT molecular complexity index is 883. The first kappa shape index (κ1) is 13.8. The highest BCUT2D eigenvalue weighted by Gasteiger charge is 2.16. The normalized spacial score (nSPS) is 10.7. The number of hydrogen-bond acceptors (Lipinski definition) is 4. The van der Waals surface area contributed by atoms with E-state index in [0.717, 1.165) is 16.6 Å². The van der Waals surface area contributed by atoms with Crippen molar-refractivity contribution in [1.82, 2.24) is 9.97 Å². The van der Waals surface area contributed by atoms with Crippen LogP contribution in [0.1, 0.15) is 26.3 Å². The monoisotopic (exact) mass is 295 g/mol. The third-order valence-electron chi connectivity index (χ3n) is 3.39. The van der Waals surface area contributed by atoms with Crippen LogP contribution in [0.2, 0.25) is 0 Å². The van der Waals surface area contributed by atoms with Gasteiger partial charge in [0.1, 0.15) is 0 Å².